The lowest BCUT2D eigenvalue weighted by Gasteiger charge is -2.24. The van der Waals surface area contributed by atoms with Crippen molar-refractivity contribution >= 4 is 5.97 Å². The number of carbonyl (C=O) groups excluding carboxylic acids is 1. The van der Waals surface area contributed by atoms with E-state index in [2.05, 4.69) is 19.9 Å². The number of hydrogen-bond donors (Lipinski definition) is 0. The van der Waals surface area contributed by atoms with Crippen LogP contribution in [0.2, 0.25) is 0 Å². The summed E-state index contributed by atoms with van der Waals surface area (Å²) in [6.07, 6.45) is 4.14. The maximum atomic E-state index is 11.2. The highest BCUT2D eigenvalue weighted by Gasteiger charge is 2.26. The van der Waals surface area contributed by atoms with Crippen molar-refractivity contribution in [2.75, 3.05) is 7.11 Å². The van der Waals surface area contributed by atoms with E-state index in [0.717, 1.165) is 12.8 Å². The molecule has 1 aliphatic rings. The van der Waals surface area contributed by atoms with E-state index in [1.807, 2.05) is 0 Å². The number of carbonyl (C=O) groups is 1. The van der Waals surface area contributed by atoms with Crippen LogP contribution in [0.25, 0.3) is 0 Å². The van der Waals surface area contributed by atoms with Crippen LogP contribution < -0.4 is 0 Å². The quantitative estimate of drug-likeness (QED) is 0.443. The van der Waals surface area contributed by atoms with Gasteiger partial charge in [0.1, 0.15) is 0 Å². The molecule has 0 heterocycles. The first-order chi connectivity index (χ1) is 5.65. The minimum absolute atomic E-state index is 0.0637. The molecule has 68 valence electrons. The van der Waals surface area contributed by atoms with Gasteiger partial charge in [0.2, 0.25) is 0 Å². The summed E-state index contributed by atoms with van der Waals surface area (Å²) in [4.78, 5) is 11.2. The van der Waals surface area contributed by atoms with Crippen LogP contribution >= 0.6 is 0 Å². The van der Waals surface area contributed by atoms with Gasteiger partial charge in [0, 0.05) is 0 Å². The van der Waals surface area contributed by atoms with E-state index in [9.17, 15) is 4.79 Å². The molecule has 1 rings (SSSR count). The van der Waals surface area contributed by atoms with Crippen molar-refractivity contribution in [3.63, 3.8) is 0 Å². The third-order valence-electron chi connectivity index (χ3n) is 2.54. The van der Waals surface area contributed by atoms with Crippen molar-refractivity contribution in [2.24, 2.45) is 11.8 Å². The summed E-state index contributed by atoms with van der Waals surface area (Å²) in [5, 5.41) is 0. The van der Waals surface area contributed by atoms with Crippen molar-refractivity contribution in [2.45, 2.75) is 26.7 Å². The van der Waals surface area contributed by atoms with Crippen LogP contribution in [0, 0.1) is 11.8 Å². The average molecular weight is 168 g/mol. The average Bonchev–Trinajstić information content (AvgIpc) is 2.03. The van der Waals surface area contributed by atoms with E-state index in [-0.39, 0.29) is 11.9 Å². The maximum absolute atomic E-state index is 11.2. The maximum Gasteiger partial charge on any atom is 0.309 e. The molecule has 2 nitrogen and oxygen atoms in total. The van der Waals surface area contributed by atoms with Gasteiger partial charge in [0.05, 0.1) is 13.0 Å². The third-order valence-corrected chi connectivity index (χ3v) is 2.54. The molecule has 0 aliphatic heterocycles. The number of esters is 1. The topological polar surface area (TPSA) is 26.3 Å². The van der Waals surface area contributed by atoms with Gasteiger partial charge in [-0.25, -0.2) is 0 Å². The standard InChI is InChI=1S/C10H16O2/c1-7-4-5-9(8(2)6-7)10(11)12-3/h6,8-9H,4-5H2,1-3H3. The highest BCUT2D eigenvalue weighted by molar-refractivity contribution is 5.73. The zero-order valence-electron chi connectivity index (χ0n) is 7.96. The second-order valence-corrected chi connectivity index (χ2v) is 3.54. The van der Waals surface area contributed by atoms with Crippen molar-refractivity contribution in [1.82, 2.24) is 0 Å². The summed E-state index contributed by atoms with van der Waals surface area (Å²) in [5.41, 5.74) is 1.39. The van der Waals surface area contributed by atoms with Gasteiger partial charge in [0.25, 0.3) is 0 Å². The van der Waals surface area contributed by atoms with Gasteiger partial charge in [0.15, 0.2) is 0 Å². The summed E-state index contributed by atoms with van der Waals surface area (Å²) in [7, 11) is 1.46. The Labute approximate surface area is 73.6 Å². The fourth-order valence-electron chi connectivity index (χ4n) is 1.78. The molecule has 0 fully saturated rings. The van der Waals surface area contributed by atoms with E-state index in [1.54, 1.807) is 0 Å². The molecule has 1 aliphatic carbocycles. The Hall–Kier alpha value is -0.790. The smallest absolute Gasteiger partial charge is 0.309 e. The Morgan fingerprint density at radius 2 is 2.33 bits per heavy atom. The van der Waals surface area contributed by atoms with Crippen LogP contribution in [-0.2, 0) is 9.53 Å². The Balaban J connectivity index is 2.64. The fourth-order valence-corrected chi connectivity index (χ4v) is 1.78. The summed E-state index contributed by atoms with van der Waals surface area (Å²) >= 11 is 0. The summed E-state index contributed by atoms with van der Waals surface area (Å²) in [6.45, 7) is 4.19. The zero-order chi connectivity index (χ0) is 9.14. The lowest BCUT2D eigenvalue weighted by Crippen LogP contribution is -2.24. The predicted octanol–water partition coefficient (Wildman–Crippen LogP) is 2.15. The Kier molecular flexibility index (Phi) is 2.90. The molecule has 12 heavy (non-hydrogen) atoms. The Morgan fingerprint density at radius 3 is 2.83 bits per heavy atom. The summed E-state index contributed by atoms with van der Waals surface area (Å²) in [5.74, 6) is 0.358. The molecule has 0 radical (unpaired) electrons. The molecule has 2 atom stereocenters. The number of hydrogen-bond acceptors (Lipinski definition) is 2. The van der Waals surface area contributed by atoms with Gasteiger partial charge in [-0.3, -0.25) is 4.79 Å². The number of ether oxygens (including phenoxy) is 1. The molecule has 0 amide bonds. The first-order valence-corrected chi connectivity index (χ1v) is 4.40. The minimum atomic E-state index is -0.0637. The van der Waals surface area contributed by atoms with Crippen LogP contribution in [0.1, 0.15) is 26.7 Å². The van der Waals surface area contributed by atoms with Crippen LogP contribution in [0.3, 0.4) is 0 Å². The Morgan fingerprint density at radius 1 is 1.67 bits per heavy atom. The number of allylic oxidation sites excluding steroid dienone is 2. The summed E-state index contributed by atoms with van der Waals surface area (Å²) in [6, 6.07) is 0. The zero-order valence-corrected chi connectivity index (χ0v) is 7.96. The van der Waals surface area contributed by atoms with Gasteiger partial charge < -0.3 is 4.74 Å². The fraction of sp³-hybridized carbons (Fsp3) is 0.700. The molecule has 2 unspecified atom stereocenters. The molecule has 0 aromatic heterocycles. The van der Waals surface area contributed by atoms with E-state index in [4.69, 9.17) is 4.74 Å². The largest absolute Gasteiger partial charge is 0.469 e. The van der Waals surface area contributed by atoms with Crippen molar-refractivity contribution in [1.29, 1.82) is 0 Å². The van der Waals surface area contributed by atoms with Crippen LogP contribution in [0.15, 0.2) is 11.6 Å². The SMILES string of the molecule is COC(=O)C1CCC(C)=CC1C. The van der Waals surface area contributed by atoms with Gasteiger partial charge >= 0.3 is 5.97 Å². The predicted molar refractivity (Wildman–Crippen MR) is 47.7 cm³/mol. The molecular formula is C10H16O2. The molecule has 0 N–H and O–H groups in total. The van der Waals surface area contributed by atoms with Crippen molar-refractivity contribution in [3.8, 4) is 0 Å². The lowest BCUT2D eigenvalue weighted by atomic mass is 9.82. The van der Waals surface area contributed by atoms with Crippen LogP contribution in [-0.4, -0.2) is 13.1 Å². The van der Waals surface area contributed by atoms with Gasteiger partial charge in [-0.05, 0) is 25.7 Å². The highest BCUT2D eigenvalue weighted by Crippen LogP contribution is 2.28. The summed E-state index contributed by atoms with van der Waals surface area (Å²) < 4.78 is 4.73. The molecule has 0 bridgehead atoms. The monoisotopic (exact) mass is 168 g/mol. The lowest BCUT2D eigenvalue weighted by molar-refractivity contribution is -0.147. The van der Waals surface area contributed by atoms with E-state index in [0.29, 0.717) is 5.92 Å². The van der Waals surface area contributed by atoms with Gasteiger partial charge in [-0.1, -0.05) is 18.6 Å². The van der Waals surface area contributed by atoms with E-state index < -0.39 is 0 Å². The minimum Gasteiger partial charge on any atom is -0.469 e. The van der Waals surface area contributed by atoms with E-state index in [1.165, 1.54) is 12.7 Å². The Bertz CT molecular complexity index is 206. The molecule has 0 aromatic carbocycles. The molecule has 2 heteroatoms. The third kappa shape index (κ3) is 1.87. The van der Waals surface area contributed by atoms with Crippen molar-refractivity contribution in [3.05, 3.63) is 11.6 Å². The van der Waals surface area contributed by atoms with Gasteiger partial charge in [-0.2, -0.15) is 0 Å². The van der Waals surface area contributed by atoms with Crippen LogP contribution in [0.4, 0.5) is 0 Å². The molecular weight excluding hydrogens is 152 g/mol. The van der Waals surface area contributed by atoms with Crippen LogP contribution in [0.5, 0.6) is 0 Å². The second kappa shape index (κ2) is 3.74. The number of methoxy groups -OCH3 is 1. The normalized spacial score (nSPS) is 29.4. The number of rotatable bonds is 1. The first kappa shape index (κ1) is 9.30. The molecule has 0 spiro atoms. The second-order valence-electron chi connectivity index (χ2n) is 3.54. The van der Waals surface area contributed by atoms with Crippen molar-refractivity contribution < 1.29 is 9.53 Å². The first-order valence-electron chi connectivity index (χ1n) is 4.40. The molecule has 0 saturated heterocycles. The molecule has 0 saturated carbocycles. The molecule has 0 aromatic rings. The highest BCUT2D eigenvalue weighted by atomic mass is 16.5. The van der Waals surface area contributed by atoms with E-state index >= 15 is 0 Å². The van der Waals surface area contributed by atoms with Gasteiger partial charge in [-0.15, -0.1) is 0 Å².